The number of rotatable bonds is 2. The minimum Gasteiger partial charge on any atom is -0.352 e. The zero-order valence-corrected chi connectivity index (χ0v) is 11.1. The van der Waals surface area contributed by atoms with Crippen molar-refractivity contribution >= 4 is 18.3 Å². The molecular formula is C13H23ClN2O. The van der Waals surface area contributed by atoms with Crippen molar-refractivity contribution in [2.45, 2.75) is 44.6 Å². The average molecular weight is 259 g/mol. The van der Waals surface area contributed by atoms with Crippen molar-refractivity contribution in [3.8, 4) is 0 Å². The molecule has 1 heterocycles. The number of carbonyl (C=O) groups excluding carboxylic acids is 1. The number of nitrogens with one attached hydrogen (secondary N) is 2. The van der Waals surface area contributed by atoms with E-state index in [-0.39, 0.29) is 12.4 Å². The van der Waals surface area contributed by atoms with Crippen molar-refractivity contribution in [1.29, 1.82) is 0 Å². The van der Waals surface area contributed by atoms with Crippen molar-refractivity contribution in [1.82, 2.24) is 10.6 Å². The molecule has 2 saturated carbocycles. The first-order valence-corrected chi connectivity index (χ1v) is 6.87. The van der Waals surface area contributed by atoms with E-state index in [1.807, 2.05) is 0 Å². The zero-order valence-electron chi connectivity index (χ0n) is 10.3. The summed E-state index contributed by atoms with van der Waals surface area (Å²) in [7, 11) is 0. The van der Waals surface area contributed by atoms with Crippen LogP contribution in [0.15, 0.2) is 0 Å². The molecule has 0 aromatic carbocycles. The van der Waals surface area contributed by atoms with E-state index in [0.717, 1.165) is 31.3 Å². The van der Waals surface area contributed by atoms with E-state index in [0.29, 0.717) is 17.9 Å². The van der Waals surface area contributed by atoms with Crippen LogP contribution in [0.25, 0.3) is 0 Å². The van der Waals surface area contributed by atoms with E-state index in [1.54, 1.807) is 0 Å². The van der Waals surface area contributed by atoms with Crippen molar-refractivity contribution in [3.63, 3.8) is 0 Å². The lowest BCUT2D eigenvalue weighted by Gasteiger charge is -2.23. The Morgan fingerprint density at radius 2 is 1.76 bits per heavy atom. The quantitative estimate of drug-likeness (QED) is 0.792. The summed E-state index contributed by atoms with van der Waals surface area (Å²) in [4.78, 5) is 12.1. The largest absolute Gasteiger partial charge is 0.352 e. The lowest BCUT2D eigenvalue weighted by atomic mass is 10.0. The number of piperidine rings is 1. The van der Waals surface area contributed by atoms with Crippen LogP contribution in [0.1, 0.15) is 38.5 Å². The summed E-state index contributed by atoms with van der Waals surface area (Å²) in [5.74, 6) is 2.21. The molecule has 4 heteroatoms. The Balaban J connectivity index is 0.00000108. The van der Waals surface area contributed by atoms with Crippen molar-refractivity contribution in [2.24, 2.45) is 17.8 Å². The van der Waals surface area contributed by atoms with Crippen LogP contribution in [0, 0.1) is 17.8 Å². The van der Waals surface area contributed by atoms with Gasteiger partial charge in [0.15, 0.2) is 0 Å². The fourth-order valence-corrected chi connectivity index (χ4v) is 3.65. The van der Waals surface area contributed by atoms with Crippen LogP contribution >= 0.6 is 12.4 Å². The molecule has 0 aromatic heterocycles. The number of amides is 1. The van der Waals surface area contributed by atoms with E-state index < -0.39 is 0 Å². The number of hydrogen-bond donors (Lipinski definition) is 2. The van der Waals surface area contributed by atoms with E-state index in [4.69, 9.17) is 0 Å². The number of fused-ring (bicyclic) bond motifs is 1. The van der Waals surface area contributed by atoms with E-state index >= 15 is 0 Å². The third-order valence-corrected chi connectivity index (χ3v) is 4.60. The maximum Gasteiger partial charge on any atom is 0.223 e. The molecule has 98 valence electrons. The van der Waals surface area contributed by atoms with Gasteiger partial charge in [-0.15, -0.1) is 12.4 Å². The highest BCUT2D eigenvalue weighted by Crippen LogP contribution is 2.55. The van der Waals surface area contributed by atoms with Crippen LogP contribution in [0.2, 0.25) is 0 Å². The molecule has 17 heavy (non-hydrogen) atoms. The molecule has 3 rings (SSSR count). The first-order valence-electron chi connectivity index (χ1n) is 6.87. The molecule has 3 aliphatic rings. The van der Waals surface area contributed by atoms with E-state index in [9.17, 15) is 4.79 Å². The summed E-state index contributed by atoms with van der Waals surface area (Å²) in [6.07, 6.45) is 7.63. The monoisotopic (exact) mass is 258 g/mol. The molecule has 0 radical (unpaired) electrons. The maximum atomic E-state index is 12.1. The number of halogens is 1. The zero-order chi connectivity index (χ0) is 11.0. The molecule has 2 N–H and O–H groups in total. The van der Waals surface area contributed by atoms with Crippen molar-refractivity contribution in [2.75, 3.05) is 13.1 Å². The van der Waals surface area contributed by atoms with Gasteiger partial charge in [0.25, 0.3) is 0 Å². The molecule has 2 unspecified atom stereocenters. The number of hydrogen-bond acceptors (Lipinski definition) is 2. The van der Waals surface area contributed by atoms with Crippen molar-refractivity contribution < 1.29 is 4.79 Å². The average Bonchev–Trinajstić information content (AvgIpc) is 3.04. The summed E-state index contributed by atoms with van der Waals surface area (Å²) < 4.78 is 0. The van der Waals surface area contributed by atoms with E-state index in [1.165, 1.54) is 32.1 Å². The second-order valence-corrected chi connectivity index (χ2v) is 5.69. The Kier molecular flexibility index (Phi) is 4.31. The van der Waals surface area contributed by atoms with Crippen LogP contribution in [0.5, 0.6) is 0 Å². The lowest BCUT2D eigenvalue weighted by molar-refractivity contribution is -0.123. The summed E-state index contributed by atoms with van der Waals surface area (Å²) >= 11 is 0. The highest BCUT2D eigenvalue weighted by atomic mass is 35.5. The van der Waals surface area contributed by atoms with Gasteiger partial charge in [-0.05, 0) is 44.1 Å². The van der Waals surface area contributed by atoms with Crippen LogP contribution in [0.4, 0.5) is 0 Å². The third kappa shape index (κ3) is 2.76. The molecule has 0 aromatic rings. The van der Waals surface area contributed by atoms with E-state index in [2.05, 4.69) is 10.6 Å². The predicted octanol–water partition coefficient (Wildman–Crippen LogP) is 1.71. The Labute approximate surface area is 110 Å². The highest BCUT2D eigenvalue weighted by molar-refractivity contribution is 5.85. The smallest absolute Gasteiger partial charge is 0.223 e. The lowest BCUT2D eigenvalue weighted by Crippen LogP contribution is -2.46. The van der Waals surface area contributed by atoms with Crippen LogP contribution in [-0.2, 0) is 4.79 Å². The summed E-state index contributed by atoms with van der Waals surface area (Å²) in [6, 6.07) is 0.393. The Hall–Kier alpha value is -0.280. The second-order valence-electron chi connectivity index (χ2n) is 5.69. The van der Waals surface area contributed by atoms with Gasteiger partial charge < -0.3 is 10.6 Å². The Morgan fingerprint density at radius 1 is 1.06 bits per heavy atom. The molecule has 1 amide bonds. The number of carbonyl (C=O) groups is 1. The fourth-order valence-electron chi connectivity index (χ4n) is 3.65. The second kappa shape index (κ2) is 5.57. The van der Waals surface area contributed by atoms with Gasteiger partial charge in [-0.25, -0.2) is 0 Å². The van der Waals surface area contributed by atoms with Gasteiger partial charge >= 0.3 is 0 Å². The molecule has 0 bridgehead atoms. The minimum atomic E-state index is 0. The standard InChI is InChI=1S/C13H22N2O.ClH/c16-13(15-9-4-3-7-14-8-9)12-10-5-1-2-6-11(10)12;/h9-12,14H,1-8H2,(H,15,16);1H/t9-,10?,11?,12?;/m0./s1. The molecule has 1 aliphatic heterocycles. The Bertz CT molecular complexity index is 267. The van der Waals surface area contributed by atoms with Gasteiger partial charge in [0.2, 0.25) is 5.91 Å². The van der Waals surface area contributed by atoms with Crippen LogP contribution in [0.3, 0.4) is 0 Å². The Morgan fingerprint density at radius 3 is 2.35 bits per heavy atom. The van der Waals surface area contributed by atoms with Gasteiger partial charge in [0.05, 0.1) is 0 Å². The fraction of sp³-hybridized carbons (Fsp3) is 0.923. The molecule has 3 fully saturated rings. The molecule has 3 nitrogen and oxygen atoms in total. The SMILES string of the molecule is Cl.O=C(N[C@H]1CCCNC1)C1C2CCCCC21. The highest BCUT2D eigenvalue weighted by Gasteiger charge is 2.54. The maximum absolute atomic E-state index is 12.1. The molecule has 2 aliphatic carbocycles. The first kappa shape index (κ1) is 13.2. The topological polar surface area (TPSA) is 41.1 Å². The van der Waals surface area contributed by atoms with Gasteiger partial charge in [0.1, 0.15) is 0 Å². The van der Waals surface area contributed by atoms with Gasteiger partial charge in [0, 0.05) is 18.5 Å². The molecule has 0 spiro atoms. The summed E-state index contributed by atoms with van der Waals surface area (Å²) in [5, 5.41) is 6.58. The first-order chi connectivity index (χ1) is 7.86. The summed E-state index contributed by atoms with van der Waals surface area (Å²) in [5.41, 5.74) is 0. The third-order valence-electron chi connectivity index (χ3n) is 4.60. The van der Waals surface area contributed by atoms with Crippen LogP contribution in [-0.4, -0.2) is 25.0 Å². The van der Waals surface area contributed by atoms with Gasteiger partial charge in [-0.1, -0.05) is 12.8 Å². The van der Waals surface area contributed by atoms with Gasteiger partial charge in [-0.2, -0.15) is 0 Å². The normalized spacial score (nSPS) is 39.8. The summed E-state index contributed by atoms with van der Waals surface area (Å²) in [6.45, 7) is 2.08. The molecule has 1 saturated heterocycles. The van der Waals surface area contributed by atoms with Gasteiger partial charge in [-0.3, -0.25) is 4.79 Å². The minimum absolute atomic E-state index is 0. The molecular weight excluding hydrogens is 236 g/mol. The van der Waals surface area contributed by atoms with Crippen LogP contribution < -0.4 is 10.6 Å². The molecule has 3 atom stereocenters. The predicted molar refractivity (Wildman–Crippen MR) is 70.2 cm³/mol. The van der Waals surface area contributed by atoms with Crippen molar-refractivity contribution in [3.05, 3.63) is 0 Å².